The lowest BCUT2D eigenvalue weighted by molar-refractivity contribution is 0.0596. The molecule has 0 aromatic heterocycles. The molecule has 19 heavy (non-hydrogen) atoms. The highest BCUT2D eigenvalue weighted by molar-refractivity contribution is 6.33. The average Bonchev–Trinajstić information content (AvgIpc) is 2.41. The van der Waals surface area contributed by atoms with Gasteiger partial charge >= 0.3 is 0 Å². The van der Waals surface area contributed by atoms with Gasteiger partial charge in [-0.1, -0.05) is 17.7 Å². The number of piperazine rings is 1. The lowest BCUT2D eigenvalue weighted by Crippen LogP contribution is -2.50. The van der Waals surface area contributed by atoms with Crippen LogP contribution in [0, 0.1) is 0 Å². The summed E-state index contributed by atoms with van der Waals surface area (Å²) in [5.41, 5.74) is 6.76. The van der Waals surface area contributed by atoms with E-state index >= 15 is 0 Å². The molecule has 1 aromatic carbocycles. The molecule has 0 unspecified atom stereocenters. The first-order valence-corrected chi connectivity index (χ1v) is 6.96. The molecule has 0 spiro atoms. The Balaban J connectivity index is 2.07. The molecule has 5 heteroatoms. The molecule has 0 atom stereocenters. The molecule has 1 aromatic rings. The summed E-state index contributed by atoms with van der Waals surface area (Å²) in [7, 11) is 0. The molecule has 1 aliphatic heterocycles. The van der Waals surface area contributed by atoms with E-state index in [2.05, 4.69) is 18.7 Å². The van der Waals surface area contributed by atoms with Gasteiger partial charge in [0.25, 0.3) is 5.91 Å². The van der Waals surface area contributed by atoms with Gasteiger partial charge in [0.2, 0.25) is 0 Å². The molecule has 4 nitrogen and oxygen atoms in total. The fraction of sp³-hybridized carbons (Fsp3) is 0.500. The summed E-state index contributed by atoms with van der Waals surface area (Å²) < 4.78 is 0. The predicted octanol–water partition coefficient (Wildman–Crippen LogP) is 2.09. The topological polar surface area (TPSA) is 49.6 Å². The van der Waals surface area contributed by atoms with Crippen molar-refractivity contribution in [2.45, 2.75) is 19.9 Å². The van der Waals surface area contributed by atoms with Gasteiger partial charge in [-0.2, -0.15) is 0 Å². The Morgan fingerprint density at radius 3 is 2.47 bits per heavy atom. The van der Waals surface area contributed by atoms with E-state index in [1.54, 1.807) is 18.2 Å². The predicted molar refractivity (Wildman–Crippen MR) is 78.5 cm³/mol. The molecule has 1 aliphatic rings. The maximum atomic E-state index is 12.4. The minimum absolute atomic E-state index is 0.0246. The molecule has 1 fully saturated rings. The highest BCUT2D eigenvalue weighted by Crippen LogP contribution is 2.24. The van der Waals surface area contributed by atoms with E-state index in [4.69, 9.17) is 17.3 Å². The monoisotopic (exact) mass is 281 g/mol. The number of hydrogen-bond donors (Lipinski definition) is 1. The first-order valence-electron chi connectivity index (χ1n) is 6.58. The van der Waals surface area contributed by atoms with E-state index in [1.165, 1.54) is 0 Å². The number of nitrogens with zero attached hydrogens (tertiary/aromatic N) is 2. The summed E-state index contributed by atoms with van der Waals surface area (Å²) in [5.74, 6) is -0.0246. The van der Waals surface area contributed by atoms with Gasteiger partial charge in [-0.15, -0.1) is 0 Å². The number of para-hydroxylation sites is 1. The molecular formula is C14H20ClN3O. The second-order valence-electron chi connectivity index (χ2n) is 5.12. The molecule has 1 heterocycles. The van der Waals surface area contributed by atoms with Crippen molar-refractivity contribution in [1.29, 1.82) is 0 Å². The number of carbonyl (C=O) groups is 1. The van der Waals surface area contributed by atoms with Crippen molar-refractivity contribution >= 4 is 23.2 Å². The average molecular weight is 282 g/mol. The molecule has 2 N–H and O–H groups in total. The Bertz CT molecular complexity index is 468. The van der Waals surface area contributed by atoms with Gasteiger partial charge in [0.1, 0.15) is 0 Å². The van der Waals surface area contributed by atoms with Gasteiger partial charge in [-0.05, 0) is 26.0 Å². The number of nitrogen functional groups attached to an aromatic ring is 1. The molecule has 0 bridgehead atoms. The maximum absolute atomic E-state index is 12.4. The zero-order chi connectivity index (χ0) is 14.0. The fourth-order valence-corrected chi connectivity index (χ4v) is 2.51. The number of hydrogen-bond acceptors (Lipinski definition) is 3. The van der Waals surface area contributed by atoms with Crippen LogP contribution in [0.2, 0.25) is 5.02 Å². The number of amides is 1. The van der Waals surface area contributed by atoms with Crippen LogP contribution in [0.3, 0.4) is 0 Å². The molecule has 104 valence electrons. The van der Waals surface area contributed by atoms with Gasteiger partial charge in [0, 0.05) is 32.2 Å². The van der Waals surface area contributed by atoms with Crippen LogP contribution in [0.1, 0.15) is 24.2 Å². The summed E-state index contributed by atoms with van der Waals surface area (Å²) in [4.78, 5) is 16.6. The largest absolute Gasteiger partial charge is 0.397 e. The van der Waals surface area contributed by atoms with Crippen molar-refractivity contribution in [3.63, 3.8) is 0 Å². The van der Waals surface area contributed by atoms with Crippen LogP contribution in [-0.4, -0.2) is 47.9 Å². The number of rotatable bonds is 2. The van der Waals surface area contributed by atoms with Crippen LogP contribution in [0.15, 0.2) is 18.2 Å². The van der Waals surface area contributed by atoms with E-state index in [1.807, 2.05) is 4.90 Å². The highest BCUT2D eigenvalue weighted by Gasteiger charge is 2.24. The summed E-state index contributed by atoms with van der Waals surface area (Å²) in [6.07, 6.45) is 0. The Labute approximate surface area is 119 Å². The van der Waals surface area contributed by atoms with Gasteiger partial charge in [0.15, 0.2) is 0 Å². The van der Waals surface area contributed by atoms with Crippen molar-refractivity contribution in [2.75, 3.05) is 31.9 Å². The standard InChI is InChI=1S/C14H20ClN3O/c1-10(2)17-6-8-18(9-7-17)14(19)11-4-3-5-12(15)13(11)16/h3-5,10H,6-9,16H2,1-2H3. The Morgan fingerprint density at radius 2 is 1.89 bits per heavy atom. The third kappa shape index (κ3) is 3.01. The van der Waals surface area contributed by atoms with E-state index < -0.39 is 0 Å². The van der Waals surface area contributed by atoms with Crippen molar-refractivity contribution in [2.24, 2.45) is 0 Å². The first kappa shape index (κ1) is 14.2. The van der Waals surface area contributed by atoms with Gasteiger partial charge in [-0.25, -0.2) is 0 Å². The Kier molecular flexibility index (Phi) is 4.32. The maximum Gasteiger partial charge on any atom is 0.256 e. The molecule has 2 rings (SSSR count). The SMILES string of the molecule is CC(C)N1CCN(C(=O)c2cccc(Cl)c2N)CC1. The highest BCUT2D eigenvalue weighted by atomic mass is 35.5. The smallest absolute Gasteiger partial charge is 0.256 e. The van der Waals surface area contributed by atoms with E-state index in [9.17, 15) is 4.79 Å². The van der Waals surface area contributed by atoms with Crippen LogP contribution < -0.4 is 5.73 Å². The van der Waals surface area contributed by atoms with E-state index in [0.29, 0.717) is 22.3 Å². The van der Waals surface area contributed by atoms with Gasteiger partial charge in [-0.3, -0.25) is 9.69 Å². The van der Waals surface area contributed by atoms with Crippen LogP contribution in [-0.2, 0) is 0 Å². The zero-order valence-corrected chi connectivity index (χ0v) is 12.2. The van der Waals surface area contributed by atoms with Gasteiger partial charge < -0.3 is 10.6 Å². The van der Waals surface area contributed by atoms with Crippen LogP contribution >= 0.6 is 11.6 Å². The minimum Gasteiger partial charge on any atom is -0.397 e. The minimum atomic E-state index is -0.0246. The third-order valence-corrected chi connectivity index (χ3v) is 3.94. The van der Waals surface area contributed by atoms with Crippen molar-refractivity contribution in [1.82, 2.24) is 9.80 Å². The second-order valence-corrected chi connectivity index (χ2v) is 5.53. The number of anilines is 1. The molecule has 0 saturated carbocycles. The van der Waals surface area contributed by atoms with E-state index in [-0.39, 0.29) is 5.91 Å². The molecule has 0 radical (unpaired) electrons. The van der Waals surface area contributed by atoms with Crippen molar-refractivity contribution < 1.29 is 4.79 Å². The number of benzene rings is 1. The summed E-state index contributed by atoms with van der Waals surface area (Å²) in [6.45, 7) is 7.64. The summed E-state index contributed by atoms with van der Waals surface area (Å²) in [6, 6.07) is 5.72. The van der Waals surface area contributed by atoms with Crippen LogP contribution in [0.4, 0.5) is 5.69 Å². The lowest BCUT2D eigenvalue weighted by atomic mass is 10.1. The fourth-order valence-electron chi connectivity index (χ4n) is 2.34. The van der Waals surface area contributed by atoms with E-state index in [0.717, 1.165) is 26.2 Å². The molecule has 0 aliphatic carbocycles. The van der Waals surface area contributed by atoms with Crippen molar-refractivity contribution in [3.05, 3.63) is 28.8 Å². The summed E-state index contributed by atoms with van der Waals surface area (Å²) >= 11 is 5.96. The van der Waals surface area contributed by atoms with Crippen LogP contribution in [0.25, 0.3) is 0 Å². The normalized spacial score (nSPS) is 16.9. The molecule has 1 saturated heterocycles. The summed E-state index contributed by atoms with van der Waals surface area (Å²) in [5, 5.41) is 0.437. The van der Waals surface area contributed by atoms with Crippen molar-refractivity contribution in [3.8, 4) is 0 Å². The zero-order valence-electron chi connectivity index (χ0n) is 11.4. The van der Waals surface area contributed by atoms with Gasteiger partial charge in [0.05, 0.1) is 16.3 Å². The number of nitrogens with two attached hydrogens (primary N) is 1. The second kappa shape index (κ2) is 5.80. The number of carbonyl (C=O) groups excluding carboxylic acids is 1. The number of halogens is 1. The Morgan fingerprint density at radius 1 is 1.26 bits per heavy atom. The molecular weight excluding hydrogens is 262 g/mol. The first-order chi connectivity index (χ1) is 9.00. The quantitative estimate of drug-likeness (QED) is 0.845. The Hall–Kier alpha value is -1.26. The van der Waals surface area contributed by atoms with Crippen LogP contribution in [0.5, 0.6) is 0 Å². The lowest BCUT2D eigenvalue weighted by Gasteiger charge is -2.37. The molecule has 1 amide bonds. The third-order valence-electron chi connectivity index (χ3n) is 3.62.